The van der Waals surface area contributed by atoms with Crippen molar-refractivity contribution in [2.45, 2.75) is 39.0 Å². The van der Waals surface area contributed by atoms with E-state index in [2.05, 4.69) is 25.4 Å². The zero-order valence-corrected chi connectivity index (χ0v) is 23.9. The predicted octanol–water partition coefficient (Wildman–Crippen LogP) is 5.78. The fourth-order valence-corrected chi connectivity index (χ4v) is 6.55. The van der Waals surface area contributed by atoms with E-state index in [1.165, 1.54) is 40.0 Å². The smallest absolute Gasteiger partial charge is 0.263 e. The zero-order valence-electron chi connectivity index (χ0n) is 21.5. The quantitative estimate of drug-likeness (QED) is 0.234. The van der Waals surface area contributed by atoms with Gasteiger partial charge in [0, 0.05) is 22.2 Å². The van der Waals surface area contributed by atoms with E-state index in [1.807, 2.05) is 19.1 Å². The van der Waals surface area contributed by atoms with E-state index in [1.54, 1.807) is 26.0 Å². The number of carbonyl (C=O) groups is 1. The second kappa shape index (κ2) is 11.1. The van der Waals surface area contributed by atoms with Crippen LogP contribution in [-0.2, 0) is 12.1 Å². The number of aliphatic hydroxyl groups is 1. The van der Waals surface area contributed by atoms with Crippen molar-refractivity contribution in [2.75, 3.05) is 0 Å². The molecule has 2 aromatic carbocycles. The summed E-state index contributed by atoms with van der Waals surface area (Å²) < 4.78 is 29.8. The molecule has 0 spiro atoms. The van der Waals surface area contributed by atoms with Gasteiger partial charge >= 0.3 is 0 Å². The molecule has 206 valence electrons. The highest BCUT2D eigenvalue weighted by molar-refractivity contribution is 7.24. The van der Waals surface area contributed by atoms with Crippen LogP contribution in [0, 0.1) is 25.5 Å². The molecule has 0 saturated carbocycles. The first-order valence-electron chi connectivity index (χ1n) is 12.1. The molecule has 5 rings (SSSR count). The van der Waals surface area contributed by atoms with Gasteiger partial charge in [0.2, 0.25) is 0 Å². The van der Waals surface area contributed by atoms with E-state index in [4.69, 9.17) is 11.6 Å². The van der Waals surface area contributed by atoms with Crippen molar-refractivity contribution in [2.24, 2.45) is 0 Å². The molecule has 0 aliphatic rings. The first-order chi connectivity index (χ1) is 19.0. The topological polar surface area (TPSA) is 106 Å². The molecule has 0 bridgehead atoms. The van der Waals surface area contributed by atoms with Crippen LogP contribution in [-0.4, -0.2) is 41.8 Å². The monoisotopic (exact) mass is 600 g/mol. The average Bonchev–Trinajstić information content (AvgIpc) is 3.64. The van der Waals surface area contributed by atoms with Crippen LogP contribution in [0.4, 0.5) is 8.78 Å². The lowest BCUT2D eigenvalue weighted by Crippen LogP contribution is -2.51. The summed E-state index contributed by atoms with van der Waals surface area (Å²) in [6.45, 7) is 4.90. The molecule has 8 nitrogen and oxygen atoms in total. The Hall–Kier alpha value is -3.58. The number of benzene rings is 2. The van der Waals surface area contributed by atoms with Gasteiger partial charge in [0.15, 0.2) is 0 Å². The number of nitrogens with one attached hydrogen (secondary N) is 1. The lowest BCUT2D eigenvalue weighted by atomic mass is 9.86. The van der Waals surface area contributed by atoms with E-state index in [-0.39, 0.29) is 12.1 Å². The fraction of sp³-hybridized carbons (Fsp3) is 0.222. The van der Waals surface area contributed by atoms with Crippen LogP contribution in [0.3, 0.4) is 0 Å². The largest absolute Gasteiger partial charge is 0.381 e. The van der Waals surface area contributed by atoms with E-state index in [0.717, 1.165) is 33.3 Å². The number of amides is 1. The maximum absolute atomic E-state index is 14.9. The third kappa shape index (κ3) is 5.52. The number of hydrogen-bond acceptors (Lipinski definition) is 8. The Balaban J connectivity index is 1.42. The standard InChI is InChI=1S/C27H23ClF2N6O2S2/c1-14-22(39-26(34-14)23-15(2)33-25(40-23)17-4-6-18(28)7-5-17)24(37)35-16(3)27(38,11-36-13-31-12-32-36)20-9-8-19(29)10-21(20)30/h4-10,12-13,16,38H,11H2,1-3H3,(H,35,37). The normalized spacial score (nSPS) is 13.7. The van der Waals surface area contributed by atoms with Crippen LogP contribution >= 0.6 is 34.3 Å². The maximum atomic E-state index is 14.9. The van der Waals surface area contributed by atoms with Crippen LogP contribution < -0.4 is 5.32 Å². The van der Waals surface area contributed by atoms with Gasteiger partial charge in [-0.05, 0) is 39.0 Å². The van der Waals surface area contributed by atoms with Gasteiger partial charge in [0.05, 0.1) is 28.9 Å². The molecule has 0 saturated heterocycles. The number of aromatic nitrogens is 5. The molecule has 0 radical (unpaired) electrons. The lowest BCUT2D eigenvalue weighted by molar-refractivity contribution is -0.0185. The van der Waals surface area contributed by atoms with E-state index in [9.17, 15) is 18.7 Å². The molecule has 40 heavy (non-hydrogen) atoms. The molecular formula is C27H23ClF2N6O2S2. The molecule has 1 amide bonds. The van der Waals surface area contributed by atoms with Crippen LogP contribution in [0.2, 0.25) is 5.02 Å². The first-order valence-corrected chi connectivity index (χ1v) is 14.1. The molecule has 3 aromatic heterocycles. The zero-order chi connectivity index (χ0) is 28.6. The van der Waals surface area contributed by atoms with Crippen molar-refractivity contribution in [3.05, 3.63) is 93.6 Å². The van der Waals surface area contributed by atoms with Gasteiger partial charge in [-0.3, -0.25) is 4.79 Å². The minimum Gasteiger partial charge on any atom is -0.381 e. The third-order valence-electron chi connectivity index (χ3n) is 6.42. The Morgan fingerprint density at radius 3 is 2.50 bits per heavy atom. The summed E-state index contributed by atoms with van der Waals surface area (Å²) in [7, 11) is 0. The second-order valence-corrected chi connectivity index (χ2v) is 11.6. The van der Waals surface area contributed by atoms with Crippen molar-refractivity contribution in [1.82, 2.24) is 30.0 Å². The van der Waals surface area contributed by atoms with Crippen LogP contribution in [0.5, 0.6) is 0 Å². The Morgan fingerprint density at radius 2 is 1.82 bits per heavy atom. The second-order valence-electron chi connectivity index (χ2n) is 9.21. The molecule has 13 heteroatoms. The predicted molar refractivity (Wildman–Crippen MR) is 150 cm³/mol. The molecule has 0 aliphatic carbocycles. The molecule has 2 atom stereocenters. The van der Waals surface area contributed by atoms with Gasteiger partial charge in [0.1, 0.15) is 44.8 Å². The number of carbonyl (C=O) groups excluding carboxylic acids is 1. The number of halogens is 3. The summed E-state index contributed by atoms with van der Waals surface area (Å²) in [6.07, 6.45) is 2.63. The van der Waals surface area contributed by atoms with Crippen LogP contribution in [0.1, 0.15) is 33.5 Å². The first kappa shape index (κ1) is 28.0. The summed E-state index contributed by atoms with van der Waals surface area (Å²) in [5.41, 5.74) is 0.0263. The molecular weight excluding hydrogens is 578 g/mol. The SMILES string of the molecule is Cc1nc(-c2sc(-c3ccc(Cl)cc3)nc2C)sc1C(=O)NC(C)C(O)(Cn1cncn1)c1ccc(F)cc1F. The minimum atomic E-state index is -1.98. The van der Waals surface area contributed by atoms with Crippen LogP contribution in [0.15, 0.2) is 55.1 Å². The Morgan fingerprint density at radius 1 is 1.10 bits per heavy atom. The Labute approximate surface area is 241 Å². The van der Waals surface area contributed by atoms with E-state index in [0.29, 0.717) is 26.7 Å². The van der Waals surface area contributed by atoms with Gasteiger partial charge in [-0.2, -0.15) is 5.10 Å². The molecule has 0 fully saturated rings. The number of aryl methyl sites for hydroxylation is 2. The van der Waals surface area contributed by atoms with Gasteiger partial charge in [-0.25, -0.2) is 28.4 Å². The number of thiazole rings is 2. The minimum absolute atomic E-state index is 0.186. The molecule has 5 aromatic rings. The summed E-state index contributed by atoms with van der Waals surface area (Å²) in [5, 5.41) is 20.6. The van der Waals surface area contributed by atoms with E-state index < -0.39 is 29.2 Å². The highest BCUT2D eigenvalue weighted by atomic mass is 35.5. The summed E-state index contributed by atoms with van der Waals surface area (Å²) in [5.74, 6) is -2.23. The fourth-order valence-electron chi connectivity index (χ4n) is 4.25. The van der Waals surface area contributed by atoms with Gasteiger partial charge in [0.25, 0.3) is 5.91 Å². The highest BCUT2D eigenvalue weighted by Gasteiger charge is 2.40. The number of hydrogen-bond donors (Lipinski definition) is 2. The van der Waals surface area contributed by atoms with Crippen molar-refractivity contribution in [3.63, 3.8) is 0 Å². The summed E-state index contributed by atoms with van der Waals surface area (Å²) in [4.78, 5) is 27.7. The highest BCUT2D eigenvalue weighted by Crippen LogP contribution is 2.38. The van der Waals surface area contributed by atoms with E-state index >= 15 is 0 Å². The molecule has 2 unspecified atom stereocenters. The lowest BCUT2D eigenvalue weighted by Gasteiger charge is -2.35. The Bertz CT molecular complexity index is 1670. The average molecular weight is 601 g/mol. The van der Waals surface area contributed by atoms with Gasteiger partial charge < -0.3 is 10.4 Å². The molecule has 0 aliphatic heterocycles. The molecule has 3 heterocycles. The van der Waals surface area contributed by atoms with Gasteiger partial charge in [-0.1, -0.05) is 29.8 Å². The summed E-state index contributed by atoms with van der Waals surface area (Å²) >= 11 is 8.67. The Kier molecular flexibility index (Phi) is 7.78. The van der Waals surface area contributed by atoms with Crippen molar-refractivity contribution in [1.29, 1.82) is 0 Å². The van der Waals surface area contributed by atoms with Crippen molar-refractivity contribution < 1.29 is 18.7 Å². The number of nitrogens with zero attached hydrogens (tertiary/aromatic N) is 5. The number of rotatable bonds is 8. The van der Waals surface area contributed by atoms with Gasteiger partial charge in [-0.15, -0.1) is 22.7 Å². The van der Waals surface area contributed by atoms with Crippen molar-refractivity contribution in [3.8, 4) is 20.5 Å². The van der Waals surface area contributed by atoms with Crippen LogP contribution in [0.25, 0.3) is 20.5 Å². The summed E-state index contributed by atoms with van der Waals surface area (Å²) in [6, 6.07) is 9.25. The van der Waals surface area contributed by atoms with Crippen molar-refractivity contribution >= 4 is 40.2 Å². The molecule has 2 N–H and O–H groups in total. The third-order valence-corrected chi connectivity index (χ3v) is 9.18. The maximum Gasteiger partial charge on any atom is 0.263 e.